The van der Waals surface area contributed by atoms with Gasteiger partial charge >= 0.3 is 5.97 Å². The highest BCUT2D eigenvalue weighted by atomic mass is 16.5. The van der Waals surface area contributed by atoms with Crippen molar-refractivity contribution >= 4 is 28.3 Å². The van der Waals surface area contributed by atoms with Crippen molar-refractivity contribution in [1.82, 2.24) is 0 Å². The molecule has 0 radical (unpaired) electrons. The quantitative estimate of drug-likeness (QED) is 0.647. The molecule has 1 N–H and O–H groups in total. The molecule has 0 aromatic heterocycles. The van der Waals surface area contributed by atoms with Crippen LogP contribution in [0.3, 0.4) is 0 Å². The molecule has 0 bridgehead atoms. The zero-order valence-corrected chi connectivity index (χ0v) is 14.5. The van der Waals surface area contributed by atoms with Crippen molar-refractivity contribution in [3.8, 4) is 0 Å². The number of anilines is 1. The van der Waals surface area contributed by atoms with E-state index >= 15 is 0 Å². The van der Waals surface area contributed by atoms with Gasteiger partial charge in [0, 0.05) is 18.5 Å². The molecule has 0 spiro atoms. The lowest BCUT2D eigenvalue weighted by Gasteiger charge is -2.07. The second-order valence-corrected chi connectivity index (χ2v) is 6.07. The first-order valence-corrected chi connectivity index (χ1v) is 8.69. The van der Waals surface area contributed by atoms with Gasteiger partial charge in [0.25, 0.3) is 0 Å². The van der Waals surface area contributed by atoms with E-state index in [1.807, 2.05) is 72.8 Å². The number of hydrogen-bond acceptors (Lipinski definition) is 3. The summed E-state index contributed by atoms with van der Waals surface area (Å²) < 4.78 is 5.19. The zero-order chi connectivity index (χ0) is 18.2. The van der Waals surface area contributed by atoms with E-state index in [1.54, 1.807) is 0 Å². The first-order valence-electron chi connectivity index (χ1n) is 8.69. The van der Waals surface area contributed by atoms with Crippen LogP contribution in [0, 0.1) is 0 Å². The van der Waals surface area contributed by atoms with Gasteiger partial charge < -0.3 is 10.1 Å². The van der Waals surface area contributed by atoms with Gasteiger partial charge in [-0.25, -0.2) is 0 Å². The van der Waals surface area contributed by atoms with E-state index in [0.29, 0.717) is 13.0 Å². The Kier molecular flexibility index (Phi) is 5.99. The van der Waals surface area contributed by atoms with Gasteiger partial charge in [-0.05, 0) is 28.5 Å². The number of hydrogen-bond donors (Lipinski definition) is 1. The Morgan fingerprint density at radius 3 is 2.35 bits per heavy atom. The second-order valence-electron chi connectivity index (χ2n) is 6.07. The monoisotopic (exact) mass is 347 g/mol. The second kappa shape index (κ2) is 8.81. The third-order valence-corrected chi connectivity index (χ3v) is 4.09. The summed E-state index contributed by atoms with van der Waals surface area (Å²) in [7, 11) is 0. The average molecular weight is 347 g/mol. The summed E-state index contributed by atoms with van der Waals surface area (Å²) in [5.74, 6) is -0.546. The maximum atomic E-state index is 12.0. The molecule has 4 heteroatoms. The van der Waals surface area contributed by atoms with E-state index in [4.69, 9.17) is 4.74 Å². The number of benzene rings is 3. The van der Waals surface area contributed by atoms with Crippen molar-refractivity contribution in [2.75, 3.05) is 11.9 Å². The van der Waals surface area contributed by atoms with Crippen LogP contribution in [0.2, 0.25) is 0 Å². The van der Waals surface area contributed by atoms with Gasteiger partial charge in [0.15, 0.2) is 0 Å². The minimum atomic E-state index is -0.352. The number of esters is 1. The van der Waals surface area contributed by atoms with Gasteiger partial charge in [-0.15, -0.1) is 0 Å². The van der Waals surface area contributed by atoms with Crippen LogP contribution in [0.4, 0.5) is 5.69 Å². The van der Waals surface area contributed by atoms with Crippen LogP contribution < -0.4 is 5.32 Å². The van der Waals surface area contributed by atoms with E-state index in [9.17, 15) is 9.59 Å². The van der Waals surface area contributed by atoms with Crippen molar-refractivity contribution in [2.24, 2.45) is 0 Å². The van der Waals surface area contributed by atoms with Crippen LogP contribution in [0.5, 0.6) is 0 Å². The molecule has 0 heterocycles. The molecule has 0 fully saturated rings. The Morgan fingerprint density at radius 1 is 0.808 bits per heavy atom. The molecule has 0 atom stereocenters. The van der Waals surface area contributed by atoms with Gasteiger partial charge in [0.1, 0.15) is 0 Å². The lowest BCUT2D eigenvalue weighted by atomic mass is 10.1. The van der Waals surface area contributed by atoms with Crippen molar-refractivity contribution in [1.29, 1.82) is 0 Å². The first-order chi connectivity index (χ1) is 12.7. The highest BCUT2D eigenvalue weighted by Gasteiger charge is 2.09. The lowest BCUT2D eigenvalue weighted by molar-refractivity contribution is -0.144. The fraction of sp³-hybridized carbons (Fsp3) is 0.182. The summed E-state index contributed by atoms with van der Waals surface area (Å²) in [4.78, 5) is 23.8. The Bertz CT molecular complexity index is 890. The molecule has 0 aliphatic heterocycles. The van der Waals surface area contributed by atoms with Crippen LogP contribution in [-0.2, 0) is 20.7 Å². The maximum absolute atomic E-state index is 12.0. The Morgan fingerprint density at radius 2 is 1.54 bits per heavy atom. The molecule has 0 aliphatic carbocycles. The number of nitrogens with one attached hydrogen (secondary N) is 1. The molecule has 0 saturated heterocycles. The zero-order valence-electron chi connectivity index (χ0n) is 14.5. The number of rotatable bonds is 7. The van der Waals surface area contributed by atoms with Crippen LogP contribution in [-0.4, -0.2) is 18.5 Å². The summed E-state index contributed by atoms with van der Waals surface area (Å²) in [5, 5.41) is 5.00. The van der Waals surface area contributed by atoms with E-state index < -0.39 is 0 Å². The number of ether oxygens (including phenoxy) is 1. The van der Waals surface area contributed by atoms with Gasteiger partial charge in [-0.3, -0.25) is 9.59 Å². The summed E-state index contributed by atoms with van der Waals surface area (Å²) in [5.41, 5.74) is 1.85. The number of fused-ring (bicyclic) bond motifs is 1. The standard InChI is InChI=1S/C22H21NO3/c24-21(23-20-11-10-18-8-4-5-9-19(18)16-20)12-13-22(25)26-15-14-17-6-2-1-3-7-17/h1-11,16H,12-15H2,(H,23,24). The van der Waals surface area contributed by atoms with E-state index in [-0.39, 0.29) is 24.7 Å². The van der Waals surface area contributed by atoms with Crippen molar-refractivity contribution < 1.29 is 14.3 Å². The molecule has 132 valence electrons. The molecule has 3 rings (SSSR count). The fourth-order valence-corrected chi connectivity index (χ4v) is 2.71. The molecule has 3 aromatic carbocycles. The minimum absolute atomic E-state index is 0.0776. The summed E-state index contributed by atoms with van der Waals surface area (Å²) in [6, 6.07) is 23.5. The largest absolute Gasteiger partial charge is 0.465 e. The Labute approximate surface area is 152 Å². The Balaban J connectivity index is 1.40. The van der Waals surface area contributed by atoms with Gasteiger partial charge in [0.05, 0.1) is 13.0 Å². The molecule has 0 aliphatic rings. The third-order valence-electron chi connectivity index (χ3n) is 4.09. The molecule has 0 unspecified atom stereocenters. The van der Waals surface area contributed by atoms with E-state index in [2.05, 4.69) is 5.32 Å². The van der Waals surface area contributed by atoms with Crippen molar-refractivity contribution in [2.45, 2.75) is 19.3 Å². The topological polar surface area (TPSA) is 55.4 Å². The predicted octanol–water partition coefficient (Wildman–Crippen LogP) is 4.34. The normalized spacial score (nSPS) is 10.5. The van der Waals surface area contributed by atoms with E-state index in [0.717, 1.165) is 22.0 Å². The average Bonchev–Trinajstić information content (AvgIpc) is 2.67. The molecular weight excluding hydrogens is 326 g/mol. The predicted molar refractivity (Wildman–Crippen MR) is 103 cm³/mol. The molecule has 4 nitrogen and oxygen atoms in total. The van der Waals surface area contributed by atoms with Crippen molar-refractivity contribution in [3.63, 3.8) is 0 Å². The third kappa shape index (κ3) is 5.18. The molecule has 26 heavy (non-hydrogen) atoms. The molecule has 1 amide bonds. The lowest BCUT2D eigenvalue weighted by Crippen LogP contribution is -2.15. The van der Waals surface area contributed by atoms with Crippen LogP contribution >= 0.6 is 0 Å². The molecular formula is C22H21NO3. The summed E-state index contributed by atoms with van der Waals surface area (Å²) >= 11 is 0. The van der Waals surface area contributed by atoms with E-state index in [1.165, 1.54) is 0 Å². The SMILES string of the molecule is O=C(CCC(=O)OCCc1ccccc1)Nc1ccc2ccccc2c1. The maximum Gasteiger partial charge on any atom is 0.306 e. The van der Waals surface area contributed by atoms with Crippen LogP contribution in [0.1, 0.15) is 18.4 Å². The first kappa shape index (κ1) is 17.7. The molecule has 0 saturated carbocycles. The van der Waals surface area contributed by atoms with Crippen LogP contribution in [0.15, 0.2) is 72.8 Å². The number of amides is 1. The highest BCUT2D eigenvalue weighted by Crippen LogP contribution is 2.19. The minimum Gasteiger partial charge on any atom is -0.465 e. The highest BCUT2D eigenvalue weighted by molar-refractivity contribution is 5.95. The van der Waals surface area contributed by atoms with Gasteiger partial charge in [-0.2, -0.15) is 0 Å². The number of carbonyl (C=O) groups excluding carboxylic acids is 2. The van der Waals surface area contributed by atoms with Gasteiger partial charge in [-0.1, -0.05) is 60.7 Å². The fourth-order valence-electron chi connectivity index (χ4n) is 2.71. The smallest absolute Gasteiger partial charge is 0.306 e. The van der Waals surface area contributed by atoms with Crippen LogP contribution in [0.25, 0.3) is 10.8 Å². The summed E-state index contributed by atoms with van der Waals surface area (Å²) in [6.45, 7) is 0.329. The van der Waals surface area contributed by atoms with Gasteiger partial charge in [0.2, 0.25) is 5.91 Å². The number of carbonyl (C=O) groups is 2. The van der Waals surface area contributed by atoms with Crippen molar-refractivity contribution in [3.05, 3.63) is 78.4 Å². The Hall–Kier alpha value is -3.14. The molecule has 3 aromatic rings. The summed E-state index contributed by atoms with van der Waals surface area (Å²) in [6.07, 6.45) is 0.862.